The smallest absolute Gasteiger partial charge is 0.201 e. The number of fused-ring (bicyclic) bond motifs is 1. The maximum atomic E-state index is 6.06. The Morgan fingerprint density at radius 3 is 2.84 bits per heavy atom. The molecule has 1 heterocycles. The summed E-state index contributed by atoms with van der Waals surface area (Å²) in [5, 5.41) is 0. The van der Waals surface area contributed by atoms with E-state index in [2.05, 4.69) is 64.2 Å². The molecule has 0 atom stereocenters. The number of nitrogen functional groups attached to an aromatic ring is 1. The molecule has 1 aromatic carbocycles. The van der Waals surface area contributed by atoms with Crippen LogP contribution in [0.1, 0.15) is 20.3 Å². The van der Waals surface area contributed by atoms with Gasteiger partial charge in [-0.3, -0.25) is 0 Å². The molecule has 0 aliphatic carbocycles. The zero-order valence-electron chi connectivity index (χ0n) is 11.6. The van der Waals surface area contributed by atoms with Gasteiger partial charge in [-0.05, 0) is 52.6 Å². The minimum atomic E-state index is 0.126. The number of aromatic nitrogens is 2. The molecular formula is C14H20IN3O. The van der Waals surface area contributed by atoms with Gasteiger partial charge in [-0.2, -0.15) is 0 Å². The Hall–Kier alpha value is -0.820. The highest BCUT2D eigenvalue weighted by atomic mass is 127. The van der Waals surface area contributed by atoms with Gasteiger partial charge >= 0.3 is 0 Å². The van der Waals surface area contributed by atoms with Gasteiger partial charge < -0.3 is 15.0 Å². The van der Waals surface area contributed by atoms with Gasteiger partial charge in [0.05, 0.1) is 11.0 Å². The predicted molar refractivity (Wildman–Crippen MR) is 87.1 cm³/mol. The molecular weight excluding hydrogens is 353 g/mol. The molecule has 0 spiro atoms. The van der Waals surface area contributed by atoms with Crippen LogP contribution in [0, 0.1) is 8.99 Å². The van der Waals surface area contributed by atoms with Crippen LogP contribution in [0.15, 0.2) is 18.2 Å². The average Bonchev–Trinajstić information content (AvgIpc) is 2.62. The van der Waals surface area contributed by atoms with Gasteiger partial charge in [-0.15, -0.1) is 0 Å². The molecule has 2 aromatic rings. The Balaban J connectivity index is 2.32. The van der Waals surface area contributed by atoms with Crippen molar-refractivity contribution in [1.82, 2.24) is 9.55 Å². The second kappa shape index (κ2) is 5.66. The number of methoxy groups -OCH3 is 1. The molecule has 0 unspecified atom stereocenters. The van der Waals surface area contributed by atoms with Crippen molar-refractivity contribution in [2.45, 2.75) is 26.8 Å². The summed E-state index contributed by atoms with van der Waals surface area (Å²) in [4.78, 5) is 4.44. The fraction of sp³-hybridized carbons (Fsp3) is 0.500. The van der Waals surface area contributed by atoms with Crippen LogP contribution >= 0.6 is 22.6 Å². The molecule has 104 valence electrons. The summed E-state index contributed by atoms with van der Waals surface area (Å²) < 4.78 is 8.45. The van der Waals surface area contributed by atoms with Crippen LogP contribution in [0.4, 0.5) is 5.95 Å². The second-order valence-electron chi connectivity index (χ2n) is 5.60. The lowest BCUT2D eigenvalue weighted by atomic mass is 9.89. The third kappa shape index (κ3) is 3.39. The van der Waals surface area contributed by atoms with Crippen molar-refractivity contribution in [3.8, 4) is 0 Å². The number of benzene rings is 1. The number of ether oxygens (including phenoxy) is 1. The van der Waals surface area contributed by atoms with Crippen LogP contribution < -0.4 is 5.73 Å². The number of anilines is 1. The molecule has 1 aromatic heterocycles. The predicted octanol–water partition coefficient (Wildman–Crippen LogP) is 3.29. The molecule has 2 N–H and O–H groups in total. The van der Waals surface area contributed by atoms with Crippen LogP contribution in [-0.2, 0) is 11.3 Å². The lowest BCUT2D eigenvalue weighted by molar-refractivity contribution is 0.143. The standard InChI is InChI=1S/C14H20IN3O/c1-14(2,6-7-19-3)9-18-12-5-4-10(15)8-11(12)17-13(18)16/h4-5,8H,6-7,9H2,1-3H3,(H2,16,17). The molecule has 0 radical (unpaired) electrons. The van der Waals surface area contributed by atoms with E-state index in [1.165, 1.54) is 3.57 Å². The number of hydrogen-bond donors (Lipinski definition) is 1. The molecule has 0 fully saturated rings. The zero-order valence-corrected chi connectivity index (χ0v) is 13.8. The number of rotatable bonds is 5. The third-order valence-electron chi connectivity index (χ3n) is 3.31. The quantitative estimate of drug-likeness (QED) is 0.819. The highest BCUT2D eigenvalue weighted by Gasteiger charge is 2.21. The minimum Gasteiger partial charge on any atom is -0.385 e. The Kier molecular flexibility index (Phi) is 4.35. The van der Waals surface area contributed by atoms with E-state index in [-0.39, 0.29) is 5.41 Å². The van der Waals surface area contributed by atoms with Crippen molar-refractivity contribution in [3.63, 3.8) is 0 Å². The molecule has 5 heteroatoms. The Labute approximate surface area is 127 Å². The van der Waals surface area contributed by atoms with Crippen molar-refractivity contribution in [2.24, 2.45) is 5.41 Å². The van der Waals surface area contributed by atoms with Crippen LogP contribution in [0.3, 0.4) is 0 Å². The van der Waals surface area contributed by atoms with Crippen molar-refractivity contribution in [1.29, 1.82) is 0 Å². The monoisotopic (exact) mass is 373 g/mol. The fourth-order valence-corrected chi connectivity index (χ4v) is 2.65. The van der Waals surface area contributed by atoms with Crippen LogP contribution in [0.5, 0.6) is 0 Å². The first-order valence-corrected chi connectivity index (χ1v) is 7.41. The summed E-state index contributed by atoms with van der Waals surface area (Å²) in [6.07, 6.45) is 0.993. The van der Waals surface area contributed by atoms with Crippen LogP contribution in [-0.4, -0.2) is 23.3 Å². The number of imidazole rings is 1. The van der Waals surface area contributed by atoms with Crippen molar-refractivity contribution >= 4 is 39.6 Å². The SMILES string of the molecule is COCCC(C)(C)Cn1c(N)nc2cc(I)ccc21. The largest absolute Gasteiger partial charge is 0.385 e. The van der Waals surface area contributed by atoms with Gasteiger partial charge in [0.2, 0.25) is 5.95 Å². The Bertz CT molecular complexity index is 577. The molecule has 0 aliphatic heterocycles. The first-order valence-electron chi connectivity index (χ1n) is 6.33. The Morgan fingerprint density at radius 1 is 1.42 bits per heavy atom. The first kappa shape index (κ1) is 14.6. The molecule has 0 saturated heterocycles. The highest BCUT2D eigenvalue weighted by molar-refractivity contribution is 14.1. The van der Waals surface area contributed by atoms with Crippen LogP contribution in [0.2, 0.25) is 0 Å². The van der Waals surface area contributed by atoms with Gasteiger partial charge in [0, 0.05) is 23.8 Å². The highest BCUT2D eigenvalue weighted by Crippen LogP contribution is 2.28. The summed E-state index contributed by atoms with van der Waals surface area (Å²) in [7, 11) is 1.74. The molecule has 4 nitrogen and oxygen atoms in total. The van der Waals surface area contributed by atoms with Gasteiger partial charge in [0.1, 0.15) is 0 Å². The van der Waals surface area contributed by atoms with Gasteiger partial charge in [-0.25, -0.2) is 4.98 Å². The van der Waals surface area contributed by atoms with E-state index in [0.717, 1.165) is 30.6 Å². The topological polar surface area (TPSA) is 53.1 Å². The van der Waals surface area contributed by atoms with E-state index < -0.39 is 0 Å². The molecule has 0 bridgehead atoms. The van der Waals surface area contributed by atoms with E-state index in [1.54, 1.807) is 7.11 Å². The number of hydrogen-bond acceptors (Lipinski definition) is 3. The van der Waals surface area contributed by atoms with Gasteiger partial charge in [0.15, 0.2) is 0 Å². The second-order valence-corrected chi connectivity index (χ2v) is 6.84. The maximum absolute atomic E-state index is 6.06. The molecule has 19 heavy (non-hydrogen) atoms. The van der Waals surface area contributed by atoms with E-state index >= 15 is 0 Å². The summed E-state index contributed by atoms with van der Waals surface area (Å²) in [6.45, 7) is 6.06. The molecule has 0 amide bonds. The third-order valence-corrected chi connectivity index (χ3v) is 3.98. The van der Waals surface area contributed by atoms with Gasteiger partial charge in [-0.1, -0.05) is 13.8 Å². The normalized spacial score (nSPS) is 12.2. The van der Waals surface area contributed by atoms with E-state index in [4.69, 9.17) is 10.5 Å². The fourth-order valence-electron chi connectivity index (χ4n) is 2.17. The molecule has 2 rings (SSSR count). The zero-order chi connectivity index (χ0) is 14.0. The summed E-state index contributed by atoms with van der Waals surface area (Å²) >= 11 is 2.29. The van der Waals surface area contributed by atoms with Crippen molar-refractivity contribution < 1.29 is 4.74 Å². The van der Waals surface area contributed by atoms with Gasteiger partial charge in [0.25, 0.3) is 0 Å². The number of nitrogens with zero attached hydrogens (tertiary/aromatic N) is 2. The molecule has 0 aliphatic rings. The summed E-state index contributed by atoms with van der Waals surface area (Å²) in [6, 6.07) is 6.24. The van der Waals surface area contributed by atoms with Crippen molar-refractivity contribution in [3.05, 3.63) is 21.8 Å². The van der Waals surface area contributed by atoms with E-state index in [1.807, 2.05) is 0 Å². The number of nitrogens with two attached hydrogens (primary N) is 1. The van der Waals surface area contributed by atoms with Crippen LogP contribution in [0.25, 0.3) is 11.0 Å². The first-order chi connectivity index (χ1) is 8.93. The Morgan fingerprint density at radius 2 is 2.16 bits per heavy atom. The molecule has 0 saturated carbocycles. The lowest BCUT2D eigenvalue weighted by Gasteiger charge is -2.25. The summed E-state index contributed by atoms with van der Waals surface area (Å²) in [5.41, 5.74) is 8.25. The van der Waals surface area contributed by atoms with E-state index in [9.17, 15) is 0 Å². The van der Waals surface area contributed by atoms with E-state index in [0.29, 0.717) is 5.95 Å². The van der Waals surface area contributed by atoms with Crippen molar-refractivity contribution in [2.75, 3.05) is 19.5 Å². The number of halogens is 1. The average molecular weight is 373 g/mol. The lowest BCUT2D eigenvalue weighted by Crippen LogP contribution is -2.22. The summed E-state index contributed by atoms with van der Waals surface area (Å²) in [5.74, 6) is 0.586. The maximum Gasteiger partial charge on any atom is 0.201 e. The minimum absolute atomic E-state index is 0.126.